The lowest BCUT2D eigenvalue weighted by molar-refractivity contribution is -0.135. The van der Waals surface area contributed by atoms with Crippen molar-refractivity contribution in [2.45, 2.75) is 43.0 Å². The van der Waals surface area contributed by atoms with E-state index in [2.05, 4.69) is 10.3 Å². The van der Waals surface area contributed by atoms with Gasteiger partial charge in [0.05, 0.1) is 21.3 Å². The Labute approximate surface area is 266 Å². The van der Waals surface area contributed by atoms with Gasteiger partial charge in [-0.3, -0.25) is 14.6 Å². The van der Waals surface area contributed by atoms with Crippen LogP contribution in [0.15, 0.2) is 65.8 Å². The van der Waals surface area contributed by atoms with E-state index in [9.17, 15) is 26.4 Å². The molecule has 0 spiro atoms. The maximum absolute atomic E-state index is 14.2. The second-order valence-corrected chi connectivity index (χ2v) is 15.0. The van der Waals surface area contributed by atoms with Crippen molar-refractivity contribution in [3.8, 4) is 11.1 Å². The molecule has 236 valence electrons. The Morgan fingerprint density at radius 3 is 2.48 bits per heavy atom. The van der Waals surface area contributed by atoms with Crippen molar-refractivity contribution in [1.29, 1.82) is 0 Å². The Morgan fingerprint density at radius 2 is 1.80 bits per heavy atom. The normalized spacial score (nSPS) is 14.4. The van der Waals surface area contributed by atoms with Crippen molar-refractivity contribution >= 4 is 55.1 Å². The maximum Gasteiger partial charge on any atom is 0.318 e. The molecular weight excluding hydrogens is 651 g/mol. The summed E-state index contributed by atoms with van der Waals surface area (Å²) in [4.78, 5) is 27.2. The molecule has 1 aliphatic carbocycles. The smallest absolute Gasteiger partial charge is 0.318 e. The van der Waals surface area contributed by atoms with Crippen LogP contribution in [0, 0.1) is 6.92 Å². The molecule has 1 aliphatic rings. The molecule has 3 aromatic rings. The summed E-state index contributed by atoms with van der Waals surface area (Å²) in [7, 11) is -8.08. The number of aryl methyl sites for hydroxylation is 1. The minimum Gasteiger partial charge on any atom is -0.480 e. The molecule has 0 unspecified atom stereocenters. The van der Waals surface area contributed by atoms with Crippen LogP contribution >= 0.6 is 23.2 Å². The molecule has 0 atom stereocenters. The second-order valence-electron chi connectivity index (χ2n) is 10.4. The number of benzene rings is 2. The number of carboxylic acids is 1. The number of hydrogen-bond acceptors (Lipinski definition) is 7. The number of pyridine rings is 1. The molecule has 1 amide bonds. The van der Waals surface area contributed by atoms with Gasteiger partial charge in [0.25, 0.3) is 0 Å². The first-order chi connectivity index (χ1) is 20.8. The maximum atomic E-state index is 14.2. The number of carbonyl (C=O) groups is 2. The van der Waals surface area contributed by atoms with Crippen LogP contribution in [0.5, 0.6) is 0 Å². The Bertz CT molecular complexity index is 1760. The fourth-order valence-electron chi connectivity index (χ4n) is 4.98. The van der Waals surface area contributed by atoms with E-state index in [1.165, 1.54) is 22.5 Å². The number of carboxylic acid groups (broad SMARTS) is 1. The minimum atomic E-state index is -4.19. The molecule has 1 saturated carbocycles. The van der Waals surface area contributed by atoms with E-state index in [4.69, 9.17) is 28.3 Å². The number of amides is 1. The van der Waals surface area contributed by atoms with Gasteiger partial charge in [-0.1, -0.05) is 47.5 Å². The predicted octanol–water partition coefficient (Wildman–Crippen LogP) is 3.94. The van der Waals surface area contributed by atoms with Gasteiger partial charge in [-0.2, -0.15) is 4.31 Å². The molecule has 44 heavy (non-hydrogen) atoms. The summed E-state index contributed by atoms with van der Waals surface area (Å²) in [5.74, 6) is -2.31. The zero-order valence-electron chi connectivity index (χ0n) is 23.8. The van der Waals surface area contributed by atoms with Crippen LogP contribution in [0.4, 0.5) is 0 Å². The molecule has 1 aromatic heterocycles. The molecule has 4 rings (SSSR count). The van der Waals surface area contributed by atoms with E-state index < -0.39 is 49.8 Å². The topological polar surface area (TPSA) is 163 Å². The third-order valence-electron chi connectivity index (χ3n) is 7.32. The van der Waals surface area contributed by atoms with Crippen molar-refractivity contribution in [1.82, 2.24) is 19.3 Å². The lowest BCUT2D eigenvalue weighted by Crippen LogP contribution is -2.42. The summed E-state index contributed by atoms with van der Waals surface area (Å²) in [6.07, 6.45) is 4.63. The molecule has 2 aromatic carbocycles. The van der Waals surface area contributed by atoms with E-state index in [0.29, 0.717) is 12.8 Å². The van der Waals surface area contributed by atoms with E-state index in [1.807, 2.05) is 42.0 Å². The van der Waals surface area contributed by atoms with Crippen LogP contribution in [0.25, 0.3) is 11.1 Å². The van der Waals surface area contributed by atoms with Crippen LogP contribution in [0.1, 0.15) is 36.8 Å². The molecule has 3 N–H and O–H groups in total. The molecular formula is C29H32Cl2N4O7S2. The van der Waals surface area contributed by atoms with Gasteiger partial charge in [-0.25, -0.2) is 21.6 Å². The lowest BCUT2D eigenvalue weighted by Gasteiger charge is -2.32. The van der Waals surface area contributed by atoms with E-state index in [-0.39, 0.29) is 40.9 Å². The highest BCUT2D eigenvalue weighted by atomic mass is 35.5. The Morgan fingerprint density at radius 1 is 1.07 bits per heavy atom. The number of halogens is 2. The van der Waals surface area contributed by atoms with Gasteiger partial charge in [0.2, 0.25) is 26.0 Å². The number of rotatable bonds is 15. The molecule has 0 radical (unpaired) electrons. The van der Waals surface area contributed by atoms with Gasteiger partial charge in [-0.15, -0.1) is 0 Å². The molecule has 1 fully saturated rings. The average Bonchev–Trinajstić information content (AvgIpc) is 3.77. The minimum absolute atomic E-state index is 0.0183. The van der Waals surface area contributed by atoms with Crippen molar-refractivity contribution in [3.63, 3.8) is 0 Å². The molecule has 0 saturated heterocycles. The number of hydrogen-bond donors (Lipinski definition) is 3. The second kappa shape index (κ2) is 13.9. The van der Waals surface area contributed by atoms with Gasteiger partial charge < -0.3 is 10.4 Å². The highest BCUT2D eigenvalue weighted by Crippen LogP contribution is 2.54. The van der Waals surface area contributed by atoms with Gasteiger partial charge in [0, 0.05) is 31.9 Å². The van der Waals surface area contributed by atoms with Crippen LogP contribution in [0.3, 0.4) is 0 Å². The highest BCUT2D eigenvalue weighted by molar-refractivity contribution is 7.89. The first-order valence-electron chi connectivity index (χ1n) is 13.7. The summed E-state index contributed by atoms with van der Waals surface area (Å²) in [6, 6.07) is 14.0. The molecule has 0 aliphatic heterocycles. The molecule has 11 nitrogen and oxygen atoms in total. The summed E-state index contributed by atoms with van der Waals surface area (Å²) < 4.78 is 55.5. The monoisotopic (exact) mass is 682 g/mol. The standard InChI is InChI=1S/C29H32Cl2N4O7S2/c1-20-18-32-13-10-23(20)21-5-2-6-22(17-21)29(11-12-29)35(44(41,42)25-8-3-7-24(30)28(25)31)15-4-9-26(36)33-14-16-43(39,40)34-19-27(37)38/h2-3,5-8,10,13,17-18,34H,4,9,11-12,14-16,19H2,1H3,(H,33,36)(H,37,38). The van der Waals surface area contributed by atoms with Crippen LogP contribution < -0.4 is 10.0 Å². The lowest BCUT2D eigenvalue weighted by atomic mass is 9.96. The number of aromatic nitrogens is 1. The van der Waals surface area contributed by atoms with Crippen molar-refractivity contribution < 1.29 is 31.5 Å². The third kappa shape index (κ3) is 7.95. The van der Waals surface area contributed by atoms with Gasteiger partial charge in [-0.05, 0) is 72.7 Å². The zero-order valence-corrected chi connectivity index (χ0v) is 26.9. The van der Waals surface area contributed by atoms with E-state index >= 15 is 0 Å². The number of aliphatic carboxylic acids is 1. The summed E-state index contributed by atoms with van der Waals surface area (Å²) in [5, 5.41) is 11.1. The van der Waals surface area contributed by atoms with Crippen molar-refractivity contribution in [2.24, 2.45) is 0 Å². The number of carbonyl (C=O) groups excluding carboxylic acids is 1. The molecule has 0 bridgehead atoms. The summed E-state index contributed by atoms with van der Waals surface area (Å²) >= 11 is 12.6. The van der Waals surface area contributed by atoms with Crippen LogP contribution in [-0.2, 0) is 35.2 Å². The predicted molar refractivity (Wildman–Crippen MR) is 167 cm³/mol. The number of nitrogens with one attached hydrogen (secondary N) is 2. The Hall–Kier alpha value is -3.07. The van der Waals surface area contributed by atoms with Gasteiger partial charge >= 0.3 is 5.97 Å². The fourth-order valence-corrected chi connectivity index (χ4v) is 8.43. The fraction of sp³-hybridized carbons (Fsp3) is 0.345. The third-order valence-corrected chi connectivity index (χ3v) is 11.6. The molecule has 15 heteroatoms. The zero-order chi connectivity index (χ0) is 32.1. The largest absolute Gasteiger partial charge is 0.480 e. The van der Waals surface area contributed by atoms with E-state index in [0.717, 1.165) is 22.3 Å². The van der Waals surface area contributed by atoms with Crippen LogP contribution in [-0.4, -0.2) is 68.5 Å². The number of sulfonamides is 2. The van der Waals surface area contributed by atoms with Gasteiger partial charge in [0.15, 0.2) is 0 Å². The average molecular weight is 684 g/mol. The quantitative estimate of drug-likeness (QED) is 0.217. The summed E-state index contributed by atoms with van der Waals surface area (Å²) in [5.41, 5.74) is 2.79. The Balaban J connectivity index is 1.56. The van der Waals surface area contributed by atoms with Crippen LogP contribution in [0.2, 0.25) is 10.0 Å². The first kappa shape index (κ1) is 33.8. The number of nitrogens with zero attached hydrogens (tertiary/aromatic N) is 2. The Kier molecular flexibility index (Phi) is 10.7. The first-order valence-corrected chi connectivity index (χ1v) is 17.6. The highest BCUT2D eigenvalue weighted by Gasteiger charge is 2.54. The molecule has 1 heterocycles. The van der Waals surface area contributed by atoms with E-state index in [1.54, 1.807) is 12.4 Å². The van der Waals surface area contributed by atoms with Crippen molar-refractivity contribution in [3.05, 3.63) is 82.1 Å². The summed E-state index contributed by atoms with van der Waals surface area (Å²) in [6.45, 7) is 0.936. The van der Waals surface area contributed by atoms with Gasteiger partial charge in [0.1, 0.15) is 11.4 Å². The van der Waals surface area contributed by atoms with Crippen molar-refractivity contribution in [2.75, 3.05) is 25.4 Å². The SMILES string of the molecule is Cc1cnccc1-c1cccc(C2(N(CCCC(=O)NCCS(=O)(=O)NCC(=O)O)S(=O)(=O)c3cccc(Cl)c3Cl)CC2)c1.